The van der Waals surface area contributed by atoms with Crippen LogP contribution in [0.3, 0.4) is 0 Å². The first-order valence-corrected chi connectivity index (χ1v) is 7.73. The van der Waals surface area contributed by atoms with Crippen molar-refractivity contribution in [1.82, 2.24) is 25.6 Å². The van der Waals surface area contributed by atoms with E-state index >= 15 is 0 Å². The van der Waals surface area contributed by atoms with Crippen LogP contribution in [0.25, 0.3) is 5.69 Å². The lowest BCUT2D eigenvalue weighted by Crippen LogP contribution is -2.44. The monoisotopic (exact) mass is 349 g/mol. The number of hydrogen-bond acceptors (Lipinski definition) is 5. The molecule has 2 N–H and O–H groups in total. The molecule has 0 aliphatic rings. The zero-order chi connectivity index (χ0) is 18.5. The molecule has 0 bridgehead atoms. The third-order valence-electron chi connectivity index (χ3n) is 3.54. The summed E-state index contributed by atoms with van der Waals surface area (Å²) >= 11 is 0. The van der Waals surface area contributed by atoms with Crippen LogP contribution in [0.1, 0.15) is 26.5 Å². The molecule has 0 saturated heterocycles. The first kappa shape index (κ1) is 17.0. The fraction of sp³-hybridized carbons (Fsp3) is 0.0556. The second-order valence-electron chi connectivity index (χ2n) is 5.40. The van der Waals surface area contributed by atoms with Crippen LogP contribution in [0, 0.1) is 6.92 Å². The van der Waals surface area contributed by atoms with E-state index in [2.05, 4.69) is 20.9 Å². The smallest absolute Gasteiger partial charge is 0.287 e. The largest absolute Gasteiger partial charge is 0.294 e. The van der Waals surface area contributed by atoms with Crippen LogP contribution in [0.5, 0.6) is 0 Å². The third-order valence-corrected chi connectivity index (χ3v) is 3.54. The van der Waals surface area contributed by atoms with E-state index in [1.807, 2.05) is 18.2 Å². The lowest BCUT2D eigenvalue weighted by atomic mass is 10.2. The standard InChI is InChI=1S/C18H15N5O3/c1-12-10-15(24)16(22-23(12)14-7-3-2-4-8-14)18(26)21-20-17(25)13-6-5-9-19-11-13/h2-11H,1H3,(H,20,25)(H,21,26). The summed E-state index contributed by atoms with van der Waals surface area (Å²) in [5, 5.41) is 4.12. The Labute approximate surface area is 148 Å². The number of rotatable bonds is 3. The summed E-state index contributed by atoms with van der Waals surface area (Å²) < 4.78 is 1.49. The van der Waals surface area contributed by atoms with Gasteiger partial charge in [0.15, 0.2) is 5.69 Å². The van der Waals surface area contributed by atoms with Crippen molar-refractivity contribution in [1.29, 1.82) is 0 Å². The number of benzene rings is 1. The topological polar surface area (TPSA) is 106 Å². The van der Waals surface area contributed by atoms with Crippen LogP contribution < -0.4 is 16.3 Å². The quantitative estimate of drug-likeness (QED) is 0.687. The molecule has 2 amide bonds. The van der Waals surface area contributed by atoms with Crippen LogP contribution in [-0.4, -0.2) is 26.6 Å². The van der Waals surface area contributed by atoms with E-state index in [9.17, 15) is 14.4 Å². The fourth-order valence-electron chi connectivity index (χ4n) is 2.28. The van der Waals surface area contributed by atoms with Gasteiger partial charge in [-0.25, -0.2) is 4.68 Å². The highest BCUT2D eigenvalue weighted by Gasteiger charge is 2.16. The molecule has 0 saturated carbocycles. The van der Waals surface area contributed by atoms with Crippen molar-refractivity contribution in [3.8, 4) is 5.69 Å². The summed E-state index contributed by atoms with van der Waals surface area (Å²) in [7, 11) is 0. The highest BCUT2D eigenvalue weighted by atomic mass is 16.2. The minimum absolute atomic E-state index is 0.270. The van der Waals surface area contributed by atoms with Gasteiger partial charge in [0.2, 0.25) is 5.43 Å². The molecule has 2 aromatic heterocycles. The predicted molar refractivity (Wildman–Crippen MR) is 93.7 cm³/mol. The fourth-order valence-corrected chi connectivity index (χ4v) is 2.28. The minimum Gasteiger partial charge on any atom is -0.287 e. The summed E-state index contributed by atoms with van der Waals surface area (Å²) in [6, 6.07) is 13.6. The van der Waals surface area contributed by atoms with Crippen LogP contribution in [0.4, 0.5) is 0 Å². The van der Waals surface area contributed by atoms with E-state index < -0.39 is 17.2 Å². The normalized spacial score (nSPS) is 10.2. The van der Waals surface area contributed by atoms with Crippen molar-refractivity contribution in [3.05, 3.63) is 88.1 Å². The zero-order valence-electron chi connectivity index (χ0n) is 13.8. The number of aromatic nitrogens is 3. The molecule has 130 valence electrons. The lowest BCUT2D eigenvalue weighted by Gasteiger charge is -2.11. The molecule has 0 radical (unpaired) electrons. The number of nitrogens with one attached hydrogen (secondary N) is 2. The van der Waals surface area contributed by atoms with Crippen LogP contribution in [-0.2, 0) is 0 Å². The molecule has 8 heteroatoms. The molecular formula is C18H15N5O3. The summed E-state index contributed by atoms with van der Waals surface area (Å²) in [4.78, 5) is 40.2. The molecule has 8 nitrogen and oxygen atoms in total. The molecule has 26 heavy (non-hydrogen) atoms. The van der Waals surface area contributed by atoms with Crippen LogP contribution in [0.2, 0.25) is 0 Å². The molecule has 0 spiro atoms. The average molecular weight is 349 g/mol. The van der Waals surface area contributed by atoms with Crippen molar-refractivity contribution < 1.29 is 9.59 Å². The van der Waals surface area contributed by atoms with Gasteiger partial charge in [0, 0.05) is 24.2 Å². The summed E-state index contributed by atoms with van der Waals surface area (Å²) in [5.74, 6) is -1.36. The number of para-hydroxylation sites is 1. The Hall–Kier alpha value is -3.81. The summed E-state index contributed by atoms with van der Waals surface area (Å²) in [6.07, 6.45) is 2.88. The van der Waals surface area contributed by atoms with Gasteiger partial charge in [0.05, 0.1) is 11.3 Å². The molecule has 0 fully saturated rings. The number of hydrogen-bond donors (Lipinski definition) is 2. The number of carbonyl (C=O) groups excluding carboxylic acids is 2. The molecule has 0 aliphatic heterocycles. The number of carbonyl (C=O) groups is 2. The Kier molecular flexibility index (Phi) is 4.84. The van der Waals surface area contributed by atoms with E-state index in [1.165, 1.54) is 23.1 Å². The second-order valence-corrected chi connectivity index (χ2v) is 5.40. The number of pyridine rings is 1. The lowest BCUT2D eigenvalue weighted by molar-refractivity contribution is 0.0842. The van der Waals surface area contributed by atoms with Crippen LogP contribution >= 0.6 is 0 Å². The zero-order valence-corrected chi connectivity index (χ0v) is 13.8. The highest BCUT2D eigenvalue weighted by Crippen LogP contribution is 2.07. The highest BCUT2D eigenvalue weighted by molar-refractivity contribution is 5.97. The molecule has 0 unspecified atom stereocenters. The Balaban J connectivity index is 1.81. The van der Waals surface area contributed by atoms with Gasteiger partial charge in [-0.2, -0.15) is 5.10 Å². The third kappa shape index (κ3) is 3.64. The Morgan fingerprint density at radius 1 is 1.00 bits per heavy atom. The molecule has 0 atom stereocenters. The maximum Gasteiger partial charge on any atom is 0.294 e. The Bertz CT molecular complexity index is 1000. The van der Waals surface area contributed by atoms with Crippen molar-refractivity contribution in [3.63, 3.8) is 0 Å². The van der Waals surface area contributed by atoms with Gasteiger partial charge in [0.1, 0.15) is 0 Å². The van der Waals surface area contributed by atoms with Gasteiger partial charge >= 0.3 is 0 Å². The van der Waals surface area contributed by atoms with Crippen molar-refractivity contribution in [2.45, 2.75) is 6.92 Å². The Morgan fingerprint density at radius 2 is 1.73 bits per heavy atom. The predicted octanol–water partition coefficient (Wildman–Crippen LogP) is 1.01. The summed E-state index contributed by atoms with van der Waals surface area (Å²) in [5.41, 5.74) is 5.12. The van der Waals surface area contributed by atoms with Gasteiger partial charge < -0.3 is 0 Å². The van der Waals surface area contributed by atoms with E-state index in [4.69, 9.17) is 0 Å². The first-order valence-electron chi connectivity index (χ1n) is 7.73. The molecule has 3 aromatic rings. The SMILES string of the molecule is Cc1cc(=O)c(C(=O)NNC(=O)c2cccnc2)nn1-c1ccccc1. The van der Waals surface area contributed by atoms with Crippen LogP contribution in [0.15, 0.2) is 65.7 Å². The van der Waals surface area contributed by atoms with Gasteiger partial charge in [-0.05, 0) is 31.2 Å². The van der Waals surface area contributed by atoms with Crippen molar-refractivity contribution in [2.24, 2.45) is 0 Å². The maximum atomic E-state index is 12.3. The number of hydrazine groups is 1. The van der Waals surface area contributed by atoms with E-state index in [0.717, 1.165) is 0 Å². The maximum absolute atomic E-state index is 12.3. The molecule has 1 aromatic carbocycles. The summed E-state index contributed by atoms with van der Waals surface area (Å²) in [6.45, 7) is 1.72. The average Bonchev–Trinajstić information content (AvgIpc) is 2.67. The van der Waals surface area contributed by atoms with E-state index in [0.29, 0.717) is 11.4 Å². The second kappa shape index (κ2) is 7.39. The Morgan fingerprint density at radius 3 is 2.42 bits per heavy atom. The molecule has 2 heterocycles. The van der Waals surface area contributed by atoms with E-state index in [1.54, 1.807) is 31.2 Å². The van der Waals surface area contributed by atoms with E-state index in [-0.39, 0.29) is 11.3 Å². The van der Waals surface area contributed by atoms with Gasteiger partial charge in [-0.15, -0.1) is 0 Å². The van der Waals surface area contributed by atoms with Crippen molar-refractivity contribution in [2.75, 3.05) is 0 Å². The van der Waals surface area contributed by atoms with Gasteiger partial charge in [-0.1, -0.05) is 18.2 Å². The van der Waals surface area contributed by atoms with Gasteiger partial charge in [-0.3, -0.25) is 30.2 Å². The minimum atomic E-state index is -0.808. The van der Waals surface area contributed by atoms with Crippen molar-refractivity contribution >= 4 is 11.8 Å². The molecule has 3 rings (SSSR count). The molecular weight excluding hydrogens is 334 g/mol. The molecule has 0 aliphatic carbocycles. The number of nitrogens with zero attached hydrogens (tertiary/aromatic N) is 3. The number of amides is 2. The van der Waals surface area contributed by atoms with Gasteiger partial charge in [0.25, 0.3) is 11.8 Å². The first-order chi connectivity index (χ1) is 12.6. The number of aryl methyl sites for hydroxylation is 1.